The number of nitrogens with zero attached hydrogens (tertiary/aromatic N) is 1. The van der Waals surface area contributed by atoms with Gasteiger partial charge in [-0.15, -0.1) is 11.6 Å². The monoisotopic (exact) mass is 263 g/mol. The van der Waals surface area contributed by atoms with Gasteiger partial charge in [-0.1, -0.05) is 6.92 Å². The predicted molar refractivity (Wildman–Crippen MR) is 64.8 cm³/mol. The Hall–Kier alpha value is -1.30. The van der Waals surface area contributed by atoms with Crippen LogP contribution in [0, 0.1) is 0 Å². The van der Waals surface area contributed by atoms with Crippen LogP contribution in [0.5, 0.6) is 0 Å². The lowest BCUT2D eigenvalue weighted by Crippen LogP contribution is -2.47. The van der Waals surface area contributed by atoms with E-state index >= 15 is 0 Å². The number of alkyl halides is 1. The second-order valence-corrected chi connectivity index (χ2v) is 3.77. The van der Waals surface area contributed by atoms with E-state index in [-0.39, 0.29) is 24.8 Å². The Morgan fingerprint density at radius 1 is 1.24 bits per heavy atom. The highest BCUT2D eigenvalue weighted by Crippen LogP contribution is 1.94. The highest BCUT2D eigenvalue weighted by atomic mass is 35.5. The van der Waals surface area contributed by atoms with Crippen LogP contribution < -0.4 is 10.6 Å². The Bertz CT molecular complexity index is 284. The Kier molecular flexibility index (Phi) is 8.13. The molecule has 0 atom stereocenters. The summed E-state index contributed by atoms with van der Waals surface area (Å²) in [6.45, 7) is 2.22. The maximum atomic E-state index is 11.6. The molecule has 0 aromatic heterocycles. The molecule has 6 nitrogen and oxygen atoms in total. The van der Waals surface area contributed by atoms with Gasteiger partial charge in [0, 0.05) is 25.9 Å². The van der Waals surface area contributed by atoms with Crippen molar-refractivity contribution in [3.8, 4) is 0 Å². The van der Waals surface area contributed by atoms with E-state index in [1.165, 1.54) is 11.9 Å². The molecule has 0 rings (SSSR count). The molecular weight excluding hydrogens is 246 g/mol. The first kappa shape index (κ1) is 15.7. The van der Waals surface area contributed by atoms with Crippen molar-refractivity contribution in [1.82, 2.24) is 15.5 Å². The van der Waals surface area contributed by atoms with E-state index in [0.29, 0.717) is 13.0 Å². The second kappa shape index (κ2) is 8.81. The SMILES string of the molecule is CCCN(CC(=O)NC)C(=O)NC(=O)CCCl. The van der Waals surface area contributed by atoms with Crippen molar-refractivity contribution < 1.29 is 14.4 Å². The van der Waals surface area contributed by atoms with Gasteiger partial charge in [0.05, 0.1) is 0 Å². The third-order valence-corrected chi connectivity index (χ3v) is 2.15. The molecule has 98 valence electrons. The van der Waals surface area contributed by atoms with E-state index in [1.54, 1.807) is 0 Å². The van der Waals surface area contributed by atoms with Crippen LogP contribution in [0.15, 0.2) is 0 Å². The minimum atomic E-state index is -0.564. The van der Waals surface area contributed by atoms with Crippen LogP contribution in [0.4, 0.5) is 4.79 Å². The quantitative estimate of drug-likeness (QED) is 0.677. The van der Waals surface area contributed by atoms with Crippen LogP contribution in [-0.2, 0) is 9.59 Å². The van der Waals surface area contributed by atoms with Gasteiger partial charge >= 0.3 is 6.03 Å². The van der Waals surface area contributed by atoms with Gasteiger partial charge in [-0.3, -0.25) is 14.9 Å². The lowest BCUT2D eigenvalue weighted by Gasteiger charge is -2.20. The number of imide groups is 1. The number of hydrogen-bond donors (Lipinski definition) is 2. The number of amides is 4. The van der Waals surface area contributed by atoms with E-state index in [2.05, 4.69) is 10.6 Å². The molecular formula is C10H18ClN3O3. The normalized spacial score (nSPS) is 9.59. The average molecular weight is 264 g/mol. The summed E-state index contributed by atoms with van der Waals surface area (Å²) in [5.74, 6) is -0.566. The van der Waals surface area contributed by atoms with Gasteiger partial charge in [0.2, 0.25) is 11.8 Å². The minimum Gasteiger partial charge on any atom is -0.358 e. The van der Waals surface area contributed by atoms with Crippen LogP contribution in [0.25, 0.3) is 0 Å². The van der Waals surface area contributed by atoms with Crippen LogP contribution in [0.1, 0.15) is 19.8 Å². The van der Waals surface area contributed by atoms with Gasteiger partial charge in [-0.2, -0.15) is 0 Å². The molecule has 0 saturated heterocycles. The van der Waals surface area contributed by atoms with Crippen molar-refractivity contribution in [1.29, 1.82) is 0 Å². The number of urea groups is 1. The third kappa shape index (κ3) is 6.78. The van der Waals surface area contributed by atoms with Crippen LogP contribution >= 0.6 is 11.6 Å². The summed E-state index contributed by atoms with van der Waals surface area (Å²) < 4.78 is 0. The molecule has 0 aromatic carbocycles. The van der Waals surface area contributed by atoms with Gasteiger partial charge in [-0.25, -0.2) is 4.79 Å². The summed E-state index contributed by atoms with van der Waals surface area (Å²) in [4.78, 5) is 35.3. The number of nitrogens with one attached hydrogen (secondary N) is 2. The fourth-order valence-corrected chi connectivity index (χ4v) is 1.29. The lowest BCUT2D eigenvalue weighted by atomic mass is 10.4. The first-order chi connectivity index (χ1) is 8.04. The maximum absolute atomic E-state index is 11.6. The zero-order chi connectivity index (χ0) is 13.3. The zero-order valence-corrected chi connectivity index (χ0v) is 10.8. The van der Waals surface area contributed by atoms with Crippen molar-refractivity contribution in [2.45, 2.75) is 19.8 Å². The first-order valence-electron chi connectivity index (χ1n) is 5.40. The second-order valence-electron chi connectivity index (χ2n) is 3.39. The van der Waals surface area contributed by atoms with Crippen LogP contribution in [0.3, 0.4) is 0 Å². The first-order valence-corrected chi connectivity index (χ1v) is 5.93. The van der Waals surface area contributed by atoms with Crippen LogP contribution in [-0.4, -0.2) is 48.8 Å². The number of hydrogen-bond acceptors (Lipinski definition) is 3. The van der Waals surface area contributed by atoms with Crippen molar-refractivity contribution in [2.75, 3.05) is 26.0 Å². The van der Waals surface area contributed by atoms with Crippen molar-refractivity contribution in [2.24, 2.45) is 0 Å². The molecule has 0 spiro atoms. The average Bonchev–Trinajstić information content (AvgIpc) is 2.28. The van der Waals surface area contributed by atoms with Crippen molar-refractivity contribution in [3.63, 3.8) is 0 Å². The summed E-state index contributed by atoms with van der Waals surface area (Å²) in [5, 5.41) is 4.60. The topological polar surface area (TPSA) is 78.5 Å². The fourth-order valence-electron chi connectivity index (χ4n) is 1.12. The summed E-state index contributed by atoms with van der Waals surface area (Å²) >= 11 is 5.38. The highest BCUT2D eigenvalue weighted by Gasteiger charge is 2.17. The molecule has 2 N–H and O–H groups in total. The van der Waals surface area contributed by atoms with E-state index < -0.39 is 11.9 Å². The van der Waals surface area contributed by atoms with E-state index in [9.17, 15) is 14.4 Å². The molecule has 0 aliphatic carbocycles. The van der Waals surface area contributed by atoms with Crippen molar-refractivity contribution in [3.05, 3.63) is 0 Å². The van der Waals surface area contributed by atoms with E-state index in [0.717, 1.165) is 0 Å². The summed E-state index contributed by atoms with van der Waals surface area (Å²) in [6.07, 6.45) is 0.779. The van der Waals surface area contributed by atoms with Gasteiger partial charge in [0.15, 0.2) is 0 Å². The van der Waals surface area contributed by atoms with Gasteiger partial charge < -0.3 is 10.2 Å². The molecule has 0 saturated carbocycles. The molecule has 0 unspecified atom stereocenters. The molecule has 4 amide bonds. The minimum absolute atomic E-state index is 0.0652. The number of halogens is 1. The van der Waals surface area contributed by atoms with Crippen LogP contribution in [0.2, 0.25) is 0 Å². The Morgan fingerprint density at radius 2 is 1.88 bits per heavy atom. The standard InChI is InChI=1S/C10H18ClN3O3/c1-3-6-14(7-9(16)12-2)10(17)13-8(15)4-5-11/h3-7H2,1-2H3,(H,12,16)(H,13,15,17). The van der Waals surface area contributed by atoms with Crippen molar-refractivity contribution >= 4 is 29.4 Å². The molecule has 0 radical (unpaired) electrons. The molecule has 0 aliphatic heterocycles. The molecule has 0 bridgehead atoms. The smallest absolute Gasteiger partial charge is 0.324 e. The number of carbonyl (C=O) groups is 3. The molecule has 0 aliphatic rings. The van der Waals surface area contributed by atoms with Gasteiger partial charge in [0.1, 0.15) is 6.54 Å². The summed E-state index contributed by atoms with van der Waals surface area (Å²) in [5.41, 5.74) is 0. The van der Waals surface area contributed by atoms with E-state index in [4.69, 9.17) is 11.6 Å². The third-order valence-electron chi connectivity index (χ3n) is 1.96. The Balaban J connectivity index is 4.32. The molecule has 7 heteroatoms. The number of likely N-dealkylation sites (N-methyl/N-ethyl adjacent to an activating group) is 1. The number of rotatable bonds is 6. The molecule has 0 fully saturated rings. The Morgan fingerprint density at radius 3 is 2.35 bits per heavy atom. The highest BCUT2D eigenvalue weighted by molar-refractivity contribution is 6.19. The molecule has 0 aromatic rings. The van der Waals surface area contributed by atoms with Gasteiger partial charge in [0.25, 0.3) is 0 Å². The number of carbonyl (C=O) groups excluding carboxylic acids is 3. The largest absolute Gasteiger partial charge is 0.358 e. The van der Waals surface area contributed by atoms with E-state index in [1.807, 2.05) is 6.92 Å². The lowest BCUT2D eigenvalue weighted by molar-refractivity contribution is -0.122. The maximum Gasteiger partial charge on any atom is 0.324 e. The predicted octanol–water partition coefficient (Wildman–Crippen LogP) is 0.309. The Labute approximate surface area is 106 Å². The molecule has 17 heavy (non-hydrogen) atoms. The van der Waals surface area contributed by atoms with Gasteiger partial charge in [-0.05, 0) is 6.42 Å². The zero-order valence-electron chi connectivity index (χ0n) is 10.1. The molecule has 0 heterocycles. The summed E-state index contributed by atoms with van der Waals surface area (Å²) in [6, 6.07) is -0.564. The summed E-state index contributed by atoms with van der Waals surface area (Å²) in [7, 11) is 1.49. The fraction of sp³-hybridized carbons (Fsp3) is 0.700.